The summed E-state index contributed by atoms with van der Waals surface area (Å²) in [6.45, 7) is 0.0337. The second-order valence-electron chi connectivity index (χ2n) is 4.60. The summed E-state index contributed by atoms with van der Waals surface area (Å²) in [5.74, 6) is -0.252. The van der Waals surface area contributed by atoms with Gasteiger partial charge < -0.3 is 15.2 Å². The molecule has 0 bridgehead atoms. The second kappa shape index (κ2) is 6.18. The lowest BCUT2D eigenvalue weighted by Gasteiger charge is -2.25. The number of aromatic nitrogens is 2. The number of anilines is 1. The number of nitrogens with two attached hydrogens (primary N) is 1. The Labute approximate surface area is 130 Å². The molecule has 0 radical (unpaired) electrons. The van der Waals surface area contributed by atoms with Gasteiger partial charge in [-0.3, -0.25) is 20.4 Å². The van der Waals surface area contributed by atoms with Gasteiger partial charge in [-0.1, -0.05) is 12.1 Å². The van der Waals surface area contributed by atoms with Gasteiger partial charge in [0.1, 0.15) is 6.61 Å². The van der Waals surface area contributed by atoms with E-state index in [2.05, 4.69) is 20.8 Å². The van der Waals surface area contributed by atoms with Crippen molar-refractivity contribution >= 4 is 17.6 Å². The number of nitrogen functional groups attached to an aromatic ring is 1. The number of para-hydroxylation sites is 2. The van der Waals surface area contributed by atoms with Crippen LogP contribution in [0.1, 0.15) is 10.5 Å². The summed E-state index contributed by atoms with van der Waals surface area (Å²) in [5.41, 5.74) is 9.89. The fourth-order valence-corrected chi connectivity index (χ4v) is 1.93. The molecule has 0 fully saturated rings. The molecule has 0 saturated carbocycles. The van der Waals surface area contributed by atoms with Crippen molar-refractivity contribution < 1.29 is 19.1 Å². The first-order valence-corrected chi connectivity index (χ1v) is 6.70. The van der Waals surface area contributed by atoms with Crippen molar-refractivity contribution in [1.29, 1.82) is 0 Å². The summed E-state index contributed by atoms with van der Waals surface area (Å²) >= 11 is 0. The van der Waals surface area contributed by atoms with Crippen LogP contribution in [-0.2, 0) is 4.79 Å². The predicted octanol–water partition coefficient (Wildman–Crippen LogP) is -0.340. The summed E-state index contributed by atoms with van der Waals surface area (Å²) in [6, 6.07) is 6.99. The molecule has 2 aromatic rings. The van der Waals surface area contributed by atoms with Crippen LogP contribution in [0.5, 0.6) is 11.5 Å². The number of fused-ring (bicyclic) bond motifs is 1. The number of hydrogen-bond acceptors (Lipinski definition) is 7. The molecule has 118 valence electrons. The van der Waals surface area contributed by atoms with Crippen molar-refractivity contribution in [3.05, 3.63) is 42.4 Å². The molecule has 1 atom stereocenters. The summed E-state index contributed by atoms with van der Waals surface area (Å²) in [7, 11) is 0. The van der Waals surface area contributed by atoms with Gasteiger partial charge in [-0.2, -0.15) is 0 Å². The van der Waals surface area contributed by atoms with E-state index in [-0.39, 0.29) is 18.1 Å². The van der Waals surface area contributed by atoms with E-state index in [1.165, 1.54) is 12.4 Å². The Kier molecular flexibility index (Phi) is 3.91. The van der Waals surface area contributed by atoms with Crippen LogP contribution in [0.4, 0.5) is 5.82 Å². The van der Waals surface area contributed by atoms with E-state index in [1.807, 2.05) is 0 Å². The highest BCUT2D eigenvalue weighted by atomic mass is 16.6. The molecule has 23 heavy (non-hydrogen) atoms. The third-order valence-corrected chi connectivity index (χ3v) is 3.04. The summed E-state index contributed by atoms with van der Waals surface area (Å²) in [5, 5.41) is 0. The minimum atomic E-state index is -0.885. The van der Waals surface area contributed by atoms with E-state index in [0.717, 1.165) is 0 Å². The maximum absolute atomic E-state index is 12.0. The molecule has 1 aliphatic rings. The Morgan fingerprint density at radius 2 is 1.87 bits per heavy atom. The maximum atomic E-state index is 12.0. The van der Waals surface area contributed by atoms with Crippen molar-refractivity contribution in [3.63, 3.8) is 0 Å². The molecule has 0 aliphatic carbocycles. The number of hydrazine groups is 1. The molecule has 3 rings (SSSR count). The van der Waals surface area contributed by atoms with Gasteiger partial charge in [-0.15, -0.1) is 0 Å². The Morgan fingerprint density at radius 3 is 2.65 bits per heavy atom. The molecular formula is C14H13N5O4. The smallest absolute Gasteiger partial charge is 0.292 e. The van der Waals surface area contributed by atoms with Crippen LogP contribution in [0.15, 0.2) is 36.7 Å². The van der Waals surface area contributed by atoms with Gasteiger partial charge in [-0.25, -0.2) is 9.97 Å². The Bertz CT molecular complexity index is 751. The fourth-order valence-electron chi connectivity index (χ4n) is 1.93. The monoisotopic (exact) mass is 315 g/mol. The number of nitrogens with one attached hydrogen (secondary N) is 2. The topological polar surface area (TPSA) is 128 Å². The highest BCUT2D eigenvalue weighted by molar-refractivity contribution is 5.97. The molecule has 1 aliphatic heterocycles. The van der Waals surface area contributed by atoms with Crippen LogP contribution < -0.4 is 26.1 Å². The van der Waals surface area contributed by atoms with Gasteiger partial charge >= 0.3 is 0 Å². The largest absolute Gasteiger partial charge is 0.485 e. The molecular weight excluding hydrogens is 302 g/mol. The average Bonchev–Trinajstić information content (AvgIpc) is 2.59. The minimum Gasteiger partial charge on any atom is -0.485 e. The molecule has 0 saturated heterocycles. The molecule has 4 N–H and O–H groups in total. The van der Waals surface area contributed by atoms with Gasteiger partial charge in [0.2, 0.25) is 6.10 Å². The Balaban J connectivity index is 1.58. The van der Waals surface area contributed by atoms with E-state index >= 15 is 0 Å². The maximum Gasteiger partial charge on any atom is 0.292 e. The summed E-state index contributed by atoms with van der Waals surface area (Å²) < 4.78 is 10.9. The zero-order chi connectivity index (χ0) is 16.2. The zero-order valence-electron chi connectivity index (χ0n) is 11.9. The Hall–Kier alpha value is -3.36. The number of ether oxygens (including phenoxy) is 2. The van der Waals surface area contributed by atoms with Crippen LogP contribution in [0.2, 0.25) is 0 Å². The molecule has 9 heteroatoms. The zero-order valence-corrected chi connectivity index (χ0v) is 11.9. The molecule has 2 heterocycles. The van der Waals surface area contributed by atoms with E-state index in [0.29, 0.717) is 11.5 Å². The standard InChI is InChI=1S/C14H13N5O4/c15-12-11(16-5-6-17-12)14(21)19-18-13(20)10-7-22-8-3-1-2-4-9(8)23-10/h1-6,10H,7H2,(H2,15,17)(H,18,20)(H,19,21)/t10-/m0/s1. The van der Waals surface area contributed by atoms with Crippen LogP contribution in [0.25, 0.3) is 0 Å². The van der Waals surface area contributed by atoms with Crippen molar-refractivity contribution in [2.75, 3.05) is 12.3 Å². The van der Waals surface area contributed by atoms with Crippen molar-refractivity contribution in [2.45, 2.75) is 6.10 Å². The molecule has 1 aromatic carbocycles. The van der Waals surface area contributed by atoms with Gasteiger partial charge in [0, 0.05) is 12.4 Å². The van der Waals surface area contributed by atoms with E-state index in [1.54, 1.807) is 24.3 Å². The first-order valence-electron chi connectivity index (χ1n) is 6.70. The third-order valence-electron chi connectivity index (χ3n) is 3.04. The van der Waals surface area contributed by atoms with Gasteiger partial charge in [0.05, 0.1) is 0 Å². The normalized spacial score (nSPS) is 15.6. The minimum absolute atomic E-state index is 0.0337. The third kappa shape index (κ3) is 3.12. The van der Waals surface area contributed by atoms with Crippen LogP contribution in [0, 0.1) is 0 Å². The summed E-state index contributed by atoms with van der Waals surface area (Å²) in [4.78, 5) is 31.4. The van der Waals surface area contributed by atoms with Crippen molar-refractivity contribution in [3.8, 4) is 11.5 Å². The van der Waals surface area contributed by atoms with Crippen LogP contribution in [0.3, 0.4) is 0 Å². The van der Waals surface area contributed by atoms with E-state index in [4.69, 9.17) is 15.2 Å². The van der Waals surface area contributed by atoms with Gasteiger partial charge in [0.25, 0.3) is 11.8 Å². The van der Waals surface area contributed by atoms with Crippen LogP contribution >= 0.6 is 0 Å². The summed E-state index contributed by atoms with van der Waals surface area (Å²) in [6.07, 6.45) is 1.79. The van der Waals surface area contributed by atoms with Crippen LogP contribution in [-0.4, -0.2) is 34.5 Å². The first-order chi connectivity index (χ1) is 11.1. The second-order valence-corrected chi connectivity index (χ2v) is 4.60. The first kappa shape index (κ1) is 14.6. The number of rotatable bonds is 2. The highest BCUT2D eigenvalue weighted by Gasteiger charge is 2.27. The quantitative estimate of drug-likeness (QED) is 0.647. The van der Waals surface area contributed by atoms with Gasteiger partial charge in [0.15, 0.2) is 23.0 Å². The molecule has 0 spiro atoms. The average molecular weight is 315 g/mol. The van der Waals surface area contributed by atoms with Gasteiger partial charge in [-0.05, 0) is 12.1 Å². The van der Waals surface area contributed by atoms with E-state index < -0.39 is 17.9 Å². The Morgan fingerprint density at radius 1 is 1.13 bits per heavy atom. The molecule has 1 aromatic heterocycles. The lowest BCUT2D eigenvalue weighted by atomic mass is 10.2. The number of carbonyl (C=O) groups excluding carboxylic acids is 2. The number of carbonyl (C=O) groups is 2. The lowest BCUT2D eigenvalue weighted by molar-refractivity contribution is -0.131. The lowest BCUT2D eigenvalue weighted by Crippen LogP contribution is -2.51. The fraction of sp³-hybridized carbons (Fsp3) is 0.143. The number of nitrogens with zero attached hydrogens (tertiary/aromatic N) is 2. The predicted molar refractivity (Wildman–Crippen MR) is 78.4 cm³/mol. The highest BCUT2D eigenvalue weighted by Crippen LogP contribution is 2.30. The number of hydrogen-bond donors (Lipinski definition) is 3. The SMILES string of the molecule is Nc1nccnc1C(=O)NNC(=O)[C@@H]1COc2ccccc2O1. The van der Waals surface area contributed by atoms with E-state index in [9.17, 15) is 9.59 Å². The number of benzene rings is 1. The molecule has 2 amide bonds. The number of amides is 2. The van der Waals surface area contributed by atoms with Crippen molar-refractivity contribution in [1.82, 2.24) is 20.8 Å². The molecule has 0 unspecified atom stereocenters. The van der Waals surface area contributed by atoms with Crippen molar-refractivity contribution in [2.24, 2.45) is 0 Å². The molecule has 9 nitrogen and oxygen atoms in total.